The van der Waals surface area contributed by atoms with E-state index in [-0.39, 0.29) is 0 Å². The summed E-state index contributed by atoms with van der Waals surface area (Å²) >= 11 is 0. The number of hydrogen-bond acceptors (Lipinski definition) is 2. The molecule has 20 heavy (non-hydrogen) atoms. The number of aromatic nitrogens is 2. The Hall–Kier alpha value is -1.96. The largest absolute Gasteiger partial charge is 0.256 e. The summed E-state index contributed by atoms with van der Waals surface area (Å²) in [5, 5.41) is 2.46. The molecule has 98 valence electrons. The van der Waals surface area contributed by atoms with Crippen LogP contribution < -0.4 is 0 Å². The Morgan fingerprint density at radius 1 is 1.05 bits per heavy atom. The van der Waals surface area contributed by atoms with Crippen molar-refractivity contribution in [3.63, 3.8) is 0 Å². The van der Waals surface area contributed by atoms with Crippen molar-refractivity contribution in [3.8, 4) is 0 Å². The maximum absolute atomic E-state index is 5.09. The second-order valence-corrected chi connectivity index (χ2v) is 6.23. The molecule has 2 unspecified atom stereocenters. The van der Waals surface area contributed by atoms with Crippen LogP contribution >= 0.6 is 0 Å². The lowest BCUT2D eigenvalue weighted by atomic mass is 9.87. The van der Waals surface area contributed by atoms with E-state index in [0.717, 1.165) is 17.0 Å². The molecule has 1 saturated carbocycles. The fourth-order valence-electron chi connectivity index (χ4n) is 4.20. The molecule has 0 radical (unpaired) electrons. The predicted molar refractivity (Wildman–Crippen MR) is 81.0 cm³/mol. The van der Waals surface area contributed by atoms with Gasteiger partial charge in [0.2, 0.25) is 0 Å². The van der Waals surface area contributed by atoms with Crippen molar-refractivity contribution in [2.45, 2.75) is 37.5 Å². The van der Waals surface area contributed by atoms with E-state index in [0.29, 0.717) is 5.92 Å². The lowest BCUT2D eigenvalue weighted by Gasteiger charge is -2.17. The molecule has 3 aromatic rings. The summed E-state index contributed by atoms with van der Waals surface area (Å²) in [6, 6.07) is 10.9. The molecule has 2 heteroatoms. The number of rotatable bonds is 0. The molecule has 2 nitrogen and oxygen atoms in total. The zero-order chi connectivity index (χ0) is 13.1. The molecule has 2 atom stereocenters. The van der Waals surface area contributed by atoms with E-state index in [4.69, 9.17) is 4.98 Å². The van der Waals surface area contributed by atoms with Gasteiger partial charge in [-0.25, -0.2) is 0 Å². The highest BCUT2D eigenvalue weighted by atomic mass is 14.8. The minimum Gasteiger partial charge on any atom is -0.256 e. The molecular formula is C18H16N2. The normalized spacial score (nSPS) is 24.2. The first-order valence-electron chi connectivity index (χ1n) is 7.58. The van der Waals surface area contributed by atoms with Gasteiger partial charge in [-0.2, -0.15) is 0 Å². The van der Waals surface area contributed by atoms with Gasteiger partial charge in [-0.15, -0.1) is 0 Å². The first-order chi connectivity index (χ1) is 9.90. The number of fused-ring (bicyclic) bond motifs is 8. The molecule has 2 aromatic heterocycles. The first-order valence-corrected chi connectivity index (χ1v) is 7.58. The third kappa shape index (κ3) is 1.34. The standard InChI is InChI=1S/C18H16N2/c1-3-11-9-12(4-1)18-15(11)10-13-6-7-16-14(17(13)20-18)5-2-8-19-16/h2,5-8,10-12H,1,3-4,9H2. The summed E-state index contributed by atoms with van der Waals surface area (Å²) in [5.41, 5.74) is 5.11. The highest BCUT2D eigenvalue weighted by Crippen LogP contribution is 2.50. The van der Waals surface area contributed by atoms with Gasteiger partial charge >= 0.3 is 0 Å². The van der Waals surface area contributed by atoms with Crippen LogP contribution in [-0.2, 0) is 0 Å². The number of benzene rings is 1. The van der Waals surface area contributed by atoms with Crippen molar-refractivity contribution in [1.29, 1.82) is 0 Å². The maximum Gasteiger partial charge on any atom is 0.0799 e. The molecule has 0 N–H and O–H groups in total. The Balaban J connectivity index is 1.88. The molecule has 0 spiro atoms. The predicted octanol–water partition coefficient (Wildman–Crippen LogP) is 4.54. The van der Waals surface area contributed by atoms with E-state index >= 15 is 0 Å². The van der Waals surface area contributed by atoms with Crippen LogP contribution in [0.15, 0.2) is 36.5 Å². The second kappa shape index (κ2) is 3.78. The molecule has 2 aliphatic carbocycles. The zero-order valence-corrected chi connectivity index (χ0v) is 11.3. The number of nitrogens with zero attached hydrogens (tertiary/aromatic N) is 2. The Labute approximate surface area is 117 Å². The van der Waals surface area contributed by atoms with Crippen LogP contribution in [0.4, 0.5) is 0 Å². The zero-order valence-electron chi connectivity index (χ0n) is 11.3. The van der Waals surface area contributed by atoms with Crippen LogP contribution in [0, 0.1) is 0 Å². The molecule has 5 rings (SSSR count). The van der Waals surface area contributed by atoms with E-state index in [1.807, 2.05) is 12.3 Å². The van der Waals surface area contributed by atoms with Crippen molar-refractivity contribution >= 4 is 21.8 Å². The summed E-state index contributed by atoms with van der Waals surface area (Å²) in [5.74, 6) is 1.48. The van der Waals surface area contributed by atoms with Gasteiger partial charge in [-0.3, -0.25) is 9.97 Å². The summed E-state index contributed by atoms with van der Waals surface area (Å²) < 4.78 is 0. The summed E-state index contributed by atoms with van der Waals surface area (Å²) in [6.07, 6.45) is 7.23. The quantitative estimate of drug-likeness (QED) is 0.555. The summed E-state index contributed by atoms with van der Waals surface area (Å²) in [6.45, 7) is 0. The average Bonchev–Trinajstić information content (AvgIpc) is 2.76. The van der Waals surface area contributed by atoms with Crippen molar-refractivity contribution in [2.24, 2.45) is 0 Å². The molecule has 2 bridgehead atoms. The average molecular weight is 260 g/mol. The van der Waals surface area contributed by atoms with E-state index in [1.54, 1.807) is 0 Å². The van der Waals surface area contributed by atoms with Gasteiger partial charge in [0, 0.05) is 28.6 Å². The van der Waals surface area contributed by atoms with Crippen molar-refractivity contribution in [1.82, 2.24) is 9.97 Å². The Kier molecular flexibility index (Phi) is 2.04. The second-order valence-electron chi connectivity index (χ2n) is 6.23. The van der Waals surface area contributed by atoms with E-state index in [9.17, 15) is 0 Å². The smallest absolute Gasteiger partial charge is 0.0799 e. The minimum atomic E-state index is 0.708. The van der Waals surface area contributed by atoms with Crippen molar-refractivity contribution in [2.75, 3.05) is 0 Å². The highest BCUT2D eigenvalue weighted by Gasteiger charge is 2.35. The van der Waals surface area contributed by atoms with Crippen LogP contribution in [0.25, 0.3) is 21.8 Å². The van der Waals surface area contributed by atoms with E-state index in [2.05, 4.69) is 29.2 Å². The fourth-order valence-corrected chi connectivity index (χ4v) is 4.20. The number of pyridine rings is 2. The van der Waals surface area contributed by atoms with E-state index in [1.165, 1.54) is 47.7 Å². The van der Waals surface area contributed by atoms with E-state index < -0.39 is 0 Å². The molecule has 1 aromatic carbocycles. The Bertz CT molecular complexity index is 837. The van der Waals surface area contributed by atoms with Crippen LogP contribution in [0.1, 0.15) is 48.8 Å². The molecular weight excluding hydrogens is 244 g/mol. The SMILES string of the molecule is c1cnc2ccc3cc4c(nc3c2c1)C1CCCC4C1. The molecule has 0 amide bonds. The Morgan fingerprint density at radius 3 is 3.00 bits per heavy atom. The molecule has 1 fully saturated rings. The molecule has 0 saturated heterocycles. The summed E-state index contributed by atoms with van der Waals surface area (Å²) in [7, 11) is 0. The highest BCUT2D eigenvalue weighted by molar-refractivity contribution is 6.03. The minimum absolute atomic E-state index is 0.708. The van der Waals surface area contributed by atoms with Gasteiger partial charge in [0.15, 0.2) is 0 Å². The summed E-state index contributed by atoms with van der Waals surface area (Å²) in [4.78, 5) is 9.54. The van der Waals surface area contributed by atoms with Gasteiger partial charge in [0.1, 0.15) is 0 Å². The fraction of sp³-hybridized carbons (Fsp3) is 0.333. The van der Waals surface area contributed by atoms with Gasteiger partial charge in [-0.1, -0.05) is 12.5 Å². The topological polar surface area (TPSA) is 25.8 Å². The maximum atomic E-state index is 5.09. The van der Waals surface area contributed by atoms with Crippen LogP contribution in [-0.4, -0.2) is 9.97 Å². The molecule has 0 aliphatic heterocycles. The molecule has 2 heterocycles. The van der Waals surface area contributed by atoms with Crippen LogP contribution in [0.2, 0.25) is 0 Å². The Morgan fingerprint density at radius 2 is 2.00 bits per heavy atom. The monoisotopic (exact) mass is 260 g/mol. The van der Waals surface area contributed by atoms with Gasteiger partial charge in [-0.05, 0) is 55.0 Å². The lowest BCUT2D eigenvalue weighted by molar-refractivity contribution is 0.433. The van der Waals surface area contributed by atoms with Gasteiger partial charge in [0.05, 0.1) is 11.0 Å². The van der Waals surface area contributed by atoms with Crippen LogP contribution in [0.5, 0.6) is 0 Å². The third-order valence-corrected chi connectivity index (χ3v) is 5.13. The first kappa shape index (κ1) is 10.8. The van der Waals surface area contributed by atoms with Crippen molar-refractivity contribution in [3.05, 3.63) is 47.8 Å². The van der Waals surface area contributed by atoms with Gasteiger partial charge in [0.25, 0.3) is 0 Å². The number of hydrogen-bond donors (Lipinski definition) is 0. The van der Waals surface area contributed by atoms with Gasteiger partial charge < -0.3 is 0 Å². The van der Waals surface area contributed by atoms with Crippen LogP contribution in [0.3, 0.4) is 0 Å². The lowest BCUT2D eigenvalue weighted by Crippen LogP contribution is -2.01. The third-order valence-electron chi connectivity index (χ3n) is 5.13. The molecule has 2 aliphatic rings. The van der Waals surface area contributed by atoms with Crippen molar-refractivity contribution < 1.29 is 0 Å².